The molecule has 1 amide bonds. The van der Waals surface area contributed by atoms with Gasteiger partial charge in [-0.05, 0) is 55.5 Å². The first-order valence-electron chi connectivity index (χ1n) is 11.1. The number of ether oxygens (including phenoxy) is 1. The number of morpholine rings is 1. The van der Waals surface area contributed by atoms with Crippen molar-refractivity contribution >= 4 is 5.91 Å². The molecule has 1 aromatic heterocycles. The summed E-state index contributed by atoms with van der Waals surface area (Å²) in [5, 5.41) is 0. The van der Waals surface area contributed by atoms with Crippen molar-refractivity contribution in [2.24, 2.45) is 0 Å². The number of nitrogens with zero attached hydrogens (tertiary/aromatic N) is 3. The van der Waals surface area contributed by atoms with Crippen LogP contribution in [0.5, 0.6) is 0 Å². The minimum Gasteiger partial charge on any atom is -0.379 e. The summed E-state index contributed by atoms with van der Waals surface area (Å²) < 4.78 is 20.8. The predicted molar refractivity (Wildman–Crippen MR) is 117 cm³/mol. The van der Waals surface area contributed by atoms with E-state index in [1.54, 1.807) is 21.7 Å². The number of hydrogen-bond donors (Lipinski definition) is 0. The molecule has 0 bridgehead atoms. The number of benzene rings is 1. The van der Waals surface area contributed by atoms with Gasteiger partial charge in [-0.1, -0.05) is 12.1 Å². The van der Waals surface area contributed by atoms with Gasteiger partial charge in [-0.2, -0.15) is 0 Å². The van der Waals surface area contributed by atoms with E-state index in [4.69, 9.17) is 4.74 Å². The Hall–Kier alpha value is -2.51. The number of amides is 1. The maximum atomic E-state index is 13.8. The fourth-order valence-corrected chi connectivity index (χ4v) is 4.55. The average Bonchev–Trinajstić information content (AvgIpc) is 2.79. The first-order valence-corrected chi connectivity index (χ1v) is 11.1. The summed E-state index contributed by atoms with van der Waals surface area (Å²) >= 11 is 0. The Balaban J connectivity index is 1.58. The highest BCUT2D eigenvalue weighted by Gasteiger charge is 2.31. The number of likely N-dealkylation sites (tertiary alicyclic amines) is 1. The largest absolute Gasteiger partial charge is 0.379 e. The van der Waals surface area contributed by atoms with Crippen LogP contribution in [0.1, 0.15) is 46.8 Å². The number of carbonyl (C=O) groups excluding carboxylic acids is 1. The number of carbonyl (C=O) groups is 1. The molecule has 166 valence electrons. The van der Waals surface area contributed by atoms with Crippen molar-refractivity contribution in [3.63, 3.8) is 0 Å². The fraction of sp³-hybridized carbons (Fsp3) is 0.500. The van der Waals surface area contributed by atoms with Gasteiger partial charge in [-0.3, -0.25) is 14.5 Å². The lowest BCUT2D eigenvalue weighted by atomic mass is 9.94. The molecule has 0 radical (unpaired) electrons. The minimum atomic E-state index is -0.308. The van der Waals surface area contributed by atoms with Crippen LogP contribution in [0.25, 0.3) is 0 Å². The van der Waals surface area contributed by atoms with Gasteiger partial charge in [-0.15, -0.1) is 0 Å². The van der Waals surface area contributed by atoms with Gasteiger partial charge in [0.15, 0.2) is 0 Å². The van der Waals surface area contributed by atoms with Gasteiger partial charge in [-0.25, -0.2) is 4.39 Å². The zero-order chi connectivity index (χ0) is 21.8. The number of pyridine rings is 1. The molecule has 0 N–H and O–H groups in total. The lowest BCUT2D eigenvalue weighted by Crippen LogP contribution is -2.43. The van der Waals surface area contributed by atoms with Crippen LogP contribution in [-0.4, -0.2) is 59.7 Å². The number of aromatic nitrogens is 1. The van der Waals surface area contributed by atoms with E-state index in [9.17, 15) is 14.0 Å². The van der Waals surface area contributed by atoms with E-state index in [1.165, 1.54) is 12.1 Å². The summed E-state index contributed by atoms with van der Waals surface area (Å²) in [6.45, 7) is 6.79. The van der Waals surface area contributed by atoms with E-state index < -0.39 is 0 Å². The van der Waals surface area contributed by atoms with Crippen molar-refractivity contribution in [1.82, 2.24) is 14.4 Å². The highest BCUT2D eigenvalue weighted by molar-refractivity contribution is 5.95. The van der Waals surface area contributed by atoms with E-state index in [2.05, 4.69) is 4.90 Å². The molecule has 2 fully saturated rings. The van der Waals surface area contributed by atoms with Crippen molar-refractivity contribution in [2.45, 2.75) is 38.8 Å². The molecule has 2 aromatic rings. The molecule has 1 unspecified atom stereocenters. The highest BCUT2D eigenvalue weighted by Crippen LogP contribution is 2.32. The zero-order valence-corrected chi connectivity index (χ0v) is 18.1. The Bertz CT molecular complexity index is 984. The summed E-state index contributed by atoms with van der Waals surface area (Å²) in [5.74, 6) is -0.561. The first-order chi connectivity index (χ1) is 15.0. The van der Waals surface area contributed by atoms with Crippen LogP contribution in [0.4, 0.5) is 4.39 Å². The van der Waals surface area contributed by atoms with Gasteiger partial charge in [0.2, 0.25) is 0 Å². The Morgan fingerprint density at radius 1 is 1.13 bits per heavy atom. The monoisotopic (exact) mass is 427 g/mol. The smallest absolute Gasteiger partial charge is 0.263 e. The maximum Gasteiger partial charge on any atom is 0.263 e. The van der Waals surface area contributed by atoms with Gasteiger partial charge in [0.1, 0.15) is 11.4 Å². The Labute approximate surface area is 182 Å². The third-order valence-electron chi connectivity index (χ3n) is 6.35. The SMILES string of the molecule is Cc1ccn(CCN2CCOCC2)c(=O)c1C(=O)N1CCCCC1c1cccc(F)c1. The second-order valence-electron chi connectivity index (χ2n) is 8.39. The average molecular weight is 428 g/mol. The Morgan fingerprint density at radius 3 is 2.71 bits per heavy atom. The van der Waals surface area contributed by atoms with Crippen LogP contribution in [0.3, 0.4) is 0 Å². The summed E-state index contributed by atoms with van der Waals surface area (Å²) in [7, 11) is 0. The predicted octanol–water partition coefficient (Wildman–Crippen LogP) is 3.00. The van der Waals surface area contributed by atoms with Crippen LogP contribution in [0, 0.1) is 12.7 Å². The molecule has 1 atom stereocenters. The molecule has 0 aliphatic carbocycles. The lowest BCUT2D eigenvalue weighted by Gasteiger charge is -2.36. The van der Waals surface area contributed by atoms with Crippen molar-refractivity contribution < 1.29 is 13.9 Å². The van der Waals surface area contributed by atoms with Crippen molar-refractivity contribution in [1.29, 1.82) is 0 Å². The fourth-order valence-electron chi connectivity index (χ4n) is 4.55. The van der Waals surface area contributed by atoms with E-state index in [1.807, 2.05) is 19.1 Å². The van der Waals surface area contributed by atoms with Crippen LogP contribution < -0.4 is 5.56 Å². The number of rotatable bonds is 5. The topological polar surface area (TPSA) is 54.8 Å². The number of halogens is 1. The normalized spacial score (nSPS) is 20.1. The second kappa shape index (κ2) is 9.75. The summed E-state index contributed by atoms with van der Waals surface area (Å²) in [6.07, 6.45) is 4.40. The maximum absolute atomic E-state index is 13.8. The van der Waals surface area contributed by atoms with Crippen molar-refractivity contribution in [2.75, 3.05) is 39.4 Å². The molecule has 2 saturated heterocycles. The van der Waals surface area contributed by atoms with Gasteiger partial charge in [0.05, 0.1) is 19.3 Å². The van der Waals surface area contributed by atoms with Gasteiger partial charge in [0.25, 0.3) is 11.5 Å². The minimum absolute atomic E-state index is 0.210. The number of hydrogen-bond acceptors (Lipinski definition) is 4. The molecule has 31 heavy (non-hydrogen) atoms. The molecular weight excluding hydrogens is 397 g/mol. The molecule has 0 saturated carbocycles. The Kier molecular flexibility index (Phi) is 6.83. The highest BCUT2D eigenvalue weighted by atomic mass is 19.1. The Morgan fingerprint density at radius 2 is 1.94 bits per heavy atom. The summed E-state index contributed by atoms with van der Waals surface area (Å²) in [5.41, 5.74) is 1.45. The molecule has 1 aromatic carbocycles. The molecule has 2 aliphatic rings. The van der Waals surface area contributed by atoms with Gasteiger partial charge < -0.3 is 14.2 Å². The van der Waals surface area contributed by atoms with Crippen molar-refractivity contribution in [3.05, 3.63) is 69.4 Å². The van der Waals surface area contributed by atoms with E-state index >= 15 is 0 Å². The first kappa shape index (κ1) is 21.7. The quantitative estimate of drug-likeness (QED) is 0.736. The lowest BCUT2D eigenvalue weighted by molar-refractivity contribution is 0.0362. The molecule has 2 aliphatic heterocycles. The van der Waals surface area contributed by atoms with E-state index in [0.29, 0.717) is 31.9 Å². The standard InChI is InChI=1S/C24H30FN3O3/c1-18-8-10-27(12-11-26-13-15-31-16-14-26)23(29)22(18)24(30)28-9-3-2-7-21(28)19-5-4-6-20(25)17-19/h4-6,8,10,17,21H,2-3,7,9,11-16H2,1H3. The third kappa shape index (κ3) is 4.88. The van der Waals surface area contributed by atoms with E-state index in [0.717, 1.165) is 44.5 Å². The third-order valence-corrected chi connectivity index (χ3v) is 6.35. The molecular formula is C24H30FN3O3. The second-order valence-corrected chi connectivity index (χ2v) is 8.39. The van der Waals surface area contributed by atoms with Crippen LogP contribution >= 0.6 is 0 Å². The molecule has 7 heteroatoms. The van der Waals surface area contributed by atoms with E-state index in [-0.39, 0.29) is 28.9 Å². The van der Waals surface area contributed by atoms with Crippen LogP contribution in [-0.2, 0) is 11.3 Å². The molecule has 0 spiro atoms. The molecule has 3 heterocycles. The van der Waals surface area contributed by atoms with Crippen molar-refractivity contribution in [3.8, 4) is 0 Å². The zero-order valence-electron chi connectivity index (χ0n) is 18.1. The number of piperidine rings is 1. The van der Waals surface area contributed by atoms with Crippen LogP contribution in [0.15, 0.2) is 41.3 Å². The van der Waals surface area contributed by atoms with Gasteiger partial charge >= 0.3 is 0 Å². The summed E-state index contributed by atoms with van der Waals surface area (Å²) in [4.78, 5) is 30.8. The van der Waals surface area contributed by atoms with Gasteiger partial charge in [0, 0.05) is 38.9 Å². The molecule has 4 rings (SSSR count). The van der Waals surface area contributed by atoms with Crippen LogP contribution in [0.2, 0.25) is 0 Å². The summed E-state index contributed by atoms with van der Waals surface area (Å²) in [6, 6.07) is 8.07. The number of aryl methyl sites for hydroxylation is 1. The molecule has 6 nitrogen and oxygen atoms in total.